The highest BCUT2D eigenvalue weighted by Crippen LogP contribution is 2.07. The number of aliphatic hydroxyl groups is 1. The maximum Gasteiger partial charge on any atom is 0.197 e. The SMILES string of the molecule is CC(=O)N([S-])CCC(C)(C)O. The molecule has 0 aliphatic carbocycles. The minimum Gasteiger partial charge on any atom is -0.664 e. The Kier molecular flexibility index (Phi) is 3.89. The Bertz CT molecular complexity index is 142. The molecule has 4 heteroatoms. The average molecular weight is 176 g/mol. The van der Waals surface area contributed by atoms with Crippen LogP contribution in [-0.4, -0.2) is 27.5 Å². The molecule has 0 aliphatic heterocycles. The maximum absolute atomic E-state index is 10.6. The Morgan fingerprint density at radius 3 is 2.36 bits per heavy atom. The molecular weight excluding hydrogens is 162 g/mol. The van der Waals surface area contributed by atoms with E-state index in [-0.39, 0.29) is 5.91 Å². The average Bonchev–Trinajstić information content (AvgIpc) is 1.80. The summed E-state index contributed by atoms with van der Waals surface area (Å²) in [4.78, 5) is 10.6. The number of hydrogen-bond donors (Lipinski definition) is 1. The van der Waals surface area contributed by atoms with Gasteiger partial charge in [0.25, 0.3) is 0 Å². The molecule has 0 fully saturated rings. The number of carbonyl (C=O) groups excluding carboxylic acids is 1. The Hall–Kier alpha value is -0.220. The van der Waals surface area contributed by atoms with Gasteiger partial charge in [-0.05, 0) is 26.8 Å². The molecule has 0 aromatic heterocycles. The van der Waals surface area contributed by atoms with Crippen molar-refractivity contribution in [2.45, 2.75) is 32.8 Å². The lowest BCUT2D eigenvalue weighted by Gasteiger charge is -2.30. The van der Waals surface area contributed by atoms with Crippen LogP contribution in [0.25, 0.3) is 0 Å². The van der Waals surface area contributed by atoms with Crippen molar-refractivity contribution in [1.29, 1.82) is 0 Å². The molecule has 0 saturated carbocycles. The third-order valence-corrected chi connectivity index (χ3v) is 1.72. The summed E-state index contributed by atoms with van der Waals surface area (Å²) in [5.74, 6) is -0.149. The highest BCUT2D eigenvalue weighted by Gasteiger charge is 2.11. The molecule has 0 unspecified atom stereocenters. The predicted octanol–water partition coefficient (Wildman–Crippen LogP) is 0.458. The van der Waals surface area contributed by atoms with E-state index in [1.165, 1.54) is 11.2 Å². The van der Waals surface area contributed by atoms with Crippen LogP contribution in [-0.2, 0) is 17.6 Å². The van der Waals surface area contributed by atoms with E-state index >= 15 is 0 Å². The Morgan fingerprint density at radius 2 is 2.09 bits per heavy atom. The molecule has 66 valence electrons. The summed E-state index contributed by atoms with van der Waals surface area (Å²) in [5.41, 5.74) is -0.744. The molecule has 11 heavy (non-hydrogen) atoms. The molecular formula is C7H14NO2S-. The van der Waals surface area contributed by atoms with E-state index in [9.17, 15) is 9.90 Å². The van der Waals surface area contributed by atoms with Gasteiger partial charge in [0.1, 0.15) is 0 Å². The first-order valence-electron chi connectivity index (χ1n) is 3.50. The summed E-state index contributed by atoms with van der Waals surface area (Å²) in [7, 11) is 0. The zero-order valence-corrected chi connectivity index (χ0v) is 7.94. The van der Waals surface area contributed by atoms with E-state index in [1.807, 2.05) is 0 Å². The van der Waals surface area contributed by atoms with Crippen molar-refractivity contribution in [3.05, 3.63) is 0 Å². The Labute approximate surface area is 72.9 Å². The minimum atomic E-state index is -0.744. The van der Waals surface area contributed by atoms with E-state index in [0.717, 1.165) is 0 Å². The largest absolute Gasteiger partial charge is 0.664 e. The van der Waals surface area contributed by atoms with E-state index in [2.05, 4.69) is 0 Å². The first-order valence-corrected chi connectivity index (χ1v) is 3.87. The summed E-state index contributed by atoms with van der Waals surface area (Å²) in [5, 5.41) is 9.26. The minimum absolute atomic E-state index is 0.149. The molecule has 1 amide bonds. The number of amides is 1. The van der Waals surface area contributed by atoms with Crippen molar-refractivity contribution in [3.8, 4) is 0 Å². The fourth-order valence-electron chi connectivity index (χ4n) is 0.533. The topological polar surface area (TPSA) is 40.5 Å². The normalized spacial score (nSPS) is 11.4. The van der Waals surface area contributed by atoms with Crippen LogP contribution in [0.15, 0.2) is 0 Å². The van der Waals surface area contributed by atoms with Crippen LogP contribution in [0.4, 0.5) is 0 Å². The van der Waals surface area contributed by atoms with Gasteiger partial charge in [-0.3, -0.25) is 4.79 Å². The monoisotopic (exact) mass is 176 g/mol. The summed E-state index contributed by atoms with van der Waals surface area (Å²) < 4.78 is 1.18. The van der Waals surface area contributed by atoms with Gasteiger partial charge in [0.15, 0.2) is 5.91 Å². The highest BCUT2D eigenvalue weighted by molar-refractivity contribution is 7.56. The van der Waals surface area contributed by atoms with Crippen molar-refractivity contribution < 1.29 is 9.90 Å². The second kappa shape index (κ2) is 3.97. The molecule has 0 radical (unpaired) electrons. The standard InChI is InChI=1S/C7H14NO2S/c1-6(9)8(11)5-4-7(2,3)10/h10H,4-5H2,1-3H3/q-1. The van der Waals surface area contributed by atoms with Gasteiger partial charge in [-0.1, -0.05) is 0 Å². The molecule has 0 heterocycles. The van der Waals surface area contributed by atoms with E-state index in [1.54, 1.807) is 13.8 Å². The summed E-state index contributed by atoms with van der Waals surface area (Å²) in [6.07, 6.45) is 0.510. The maximum atomic E-state index is 10.6. The van der Waals surface area contributed by atoms with Gasteiger partial charge < -0.3 is 22.2 Å². The van der Waals surface area contributed by atoms with Crippen molar-refractivity contribution >= 4 is 18.7 Å². The quantitative estimate of drug-likeness (QED) is 0.635. The second-order valence-corrected chi connectivity index (χ2v) is 3.62. The van der Waals surface area contributed by atoms with Crippen LogP contribution >= 0.6 is 0 Å². The zero-order valence-electron chi connectivity index (χ0n) is 7.13. The van der Waals surface area contributed by atoms with Crippen LogP contribution in [0.5, 0.6) is 0 Å². The summed E-state index contributed by atoms with van der Waals surface area (Å²) in [6.45, 7) is 5.22. The first-order chi connectivity index (χ1) is 4.83. The Balaban J connectivity index is 3.63. The van der Waals surface area contributed by atoms with Crippen LogP contribution in [0.2, 0.25) is 0 Å². The van der Waals surface area contributed by atoms with Crippen molar-refractivity contribution in [1.82, 2.24) is 4.31 Å². The lowest BCUT2D eigenvalue weighted by molar-refractivity contribution is -0.124. The second-order valence-electron chi connectivity index (χ2n) is 3.18. The first kappa shape index (κ1) is 10.8. The molecule has 0 aromatic rings. The number of rotatable bonds is 3. The zero-order chi connectivity index (χ0) is 9.07. The van der Waals surface area contributed by atoms with Crippen molar-refractivity contribution in [2.24, 2.45) is 0 Å². The van der Waals surface area contributed by atoms with Crippen molar-refractivity contribution in [3.63, 3.8) is 0 Å². The van der Waals surface area contributed by atoms with Gasteiger partial charge in [-0.25, -0.2) is 0 Å². The summed E-state index contributed by atoms with van der Waals surface area (Å²) in [6, 6.07) is 0. The molecule has 0 rings (SSSR count). The number of nitrogens with zero attached hydrogens (tertiary/aromatic N) is 1. The van der Waals surface area contributed by atoms with Crippen LogP contribution < -0.4 is 0 Å². The molecule has 0 aromatic carbocycles. The molecule has 0 atom stereocenters. The molecule has 0 spiro atoms. The lowest BCUT2D eigenvalue weighted by Crippen LogP contribution is -2.30. The van der Waals surface area contributed by atoms with Gasteiger partial charge in [-0.2, -0.15) is 0 Å². The van der Waals surface area contributed by atoms with Crippen LogP contribution in [0, 0.1) is 0 Å². The van der Waals surface area contributed by atoms with Crippen LogP contribution in [0.1, 0.15) is 27.2 Å². The number of hydrogen-bond acceptors (Lipinski definition) is 3. The Morgan fingerprint density at radius 1 is 1.64 bits per heavy atom. The molecule has 3 nitrogen and oxygen atoms in total. The fraction of sp³-hybridized carbons (Fsp3) is 0.857. The van der Waals surface area contributed by atoms with E-state index in [4.69, 9.17) is 12.8 Å². The molecule has 1 N–H and O–H groups in total. The molecule has 0 bridgehead atoms. The van der Waals surface area contributed by atoms with Gasteiger partial charge in [0.05, 0.1) is 5.60 Å². The fourth-order valence-corrected chi connectivity index (χ4v) is 0.624. The molecule has 0 aliphatic rings. The van der Waals surface area contributed by atoms with Crippen LogP contribution in [0.3, 0.4) is 0 Å². The smallest absolute Gasteiger partial charge is 0.197 e. The summed E-state index contributed by atoms with van der Waals surface area (Å²) >= 11 is 4.70. The van der Waals surface area contributed by atoms with E-state index < -0.39 is 5.60 Å². The number of carbonyl (C=O) groups is 1. The highest BCUT2D eigenvalue weighted by atomic mass is 32.1. The third kappa shape index (κ3) is 6.19. The van der Waals surface area contributed by atoms with Gasteiger partial charge in [-0.15, -0.1) is 0 Å². The predicted molar refractivity (Wildman–Crippen MR) is 45.7 cm³/mol. The lowest BCUT2D eigenvalue weighted by atomic mass is 10.1. The third-order valence-electron chi connectivity index (χ3n) is 1.28. The van der Waals surface area contributed by atoms with Gasteiger partial charge >= 0.3 is 0 Å². The van der Waals surface area contributed by atoms with Gasteiger partial charge in [0, 0.05) is 6.92 Å². The van der Waals surface area contributed by atoms with Crippen molar-refractivity contribution in [2.75, 3.05) is 6.54 Å². The van der Waals surface area contributed by atoms with E-state index in [0.29, 0.717) is 13.0 Å². The molecule has 0 saturated heterocycles. The van der Waals surface area contributed by atoms with Gasteiger partial charge in [0.2, 0.25) is 0 Å².